The SMILES string of the molecule is CNC(=O)COc1ccc2c(=O)cc(-c3ccccc3)oc2c1F. The number of amides is 1. The molecule has 3 aromatic rings. The number of carbonyl (C=O) groups excluding carboxylic acids is 1. The smallest absolute Gasteiger partial charge is 0.257 e. The molecule has 1 aromatic heterocycles. The van der Waals surface area contributed by atoms with Crippen molar-refractivity contribution in [2.24, 2.45) is 0 Å². The number of nitrogens with one attached hydrogen (secondary N) is 1. The standard InChI is InChI=1S/C18H14FNO4/c1-20-16(22)10-23-14-8-7-12-13(21)9-15(24-18(12)17(14)19)11-5-3-2-4-6-11/h2-9H,10H2,1H3,(H,20,22). The first-order chi connectivity index (χ1) is 11.6. The summed E-state index contributed by atoms with van der Waals surface area (Å²) in [5.41, 5.74) is 0.107. The van der Waals surface area contributed by atoms with Gasteiger partial charge in [0.15, 0.2) is 23.4 Å². The quantitative estimate of drug-likeness (QED) is 0.800. The first-order valence-electron chi connectivity index (χ1n) is 7.25. The zero-order chi connectivity index (χ0) is 17.1. The third-order valence-corrected chi connectivity index (χ3v) is 3.50. The Morgan fingerprint density at radius 3 is 2.67 bits per heavy atom. The minimum atomic E-state index is -0.814. The minimum Gasteiger partial charge on any atom is -0.481 e. The summed E-state index contributed by atoms with van der Waals surface area (Å²) in [6.07, 6.45) is 0. The van der Waals surface area contributed by atoms with Crippen LogP contribution in [0.3, 0.4) is 0 Å². The number of ether oxygens (including phenoxy) is 1. The Hall–Kier alpha value is -3.15. The normalized spacial score (nSPS) is 10.6. The van der Waals surface area contributed by atoms with Gasteiger partial charge in [0.1, 0.15) is 5.76 Å². The fourth-order valence-corrected chi connectivity index (χ4v) is 2.24. The van der Waals surface area contributed by atoms with E-state index in [9.17, 15) is 14.0 Å². The number of benzene rings is 2. The summed E-state index contributed by atoms with van der Waals surface area (Å²) in [6.45, 7) is -0.332. The summed E-state index contributed by atoms with van der Waals surface area (Å²) < 4.78 is 25.3. The number of hydrogen-bond donors (Lipinski definition) is 1. The second-order valence-corrected chi connectivity index (χ2v) is 5.06. The number of carbonyl (C=O) groups is 1. The molecular formula is C18H14FNO4. The van der Waals surface area contributed by atoms with E-state index in [1.165, 1.54) is 25.2 Å². The summed E-state index contributed by atoms with van der Waals surface area (Å²) in [5.74, 6) is -1.10. The molecule has 2 aromatic carbocycles. The molecule has 0 atom stereocenters. The zero-order valence-corrected chi connectivity index (χ0v) is 12.8. The van der Waals surface area contributed by atoms with Gasteiger partial charge in [0, 0.05) is 18.7 Å². The maximum Gasteiger partial charge on any atom is 0.257 e. The molecule has 122 valence electrons. The van der Waals surface area contributed by atoms with E-state index in [2.05, 4.69) is 5.32 Å². The molecule has 0 unspecified atom stereocenters. The average molecular weight is 327 g/mol. The van der Waals surface area contributed by atoms with Crippen molar-refractivity contribution in [1.82, 2.24) is 5.32 Å². The van der Waals surface area contributed by atoms with Gasteiger partial charge in [0.05, 0.1) is 5.39 Å². The monoisotopic (exact) mass is 327 g/mol. The van der Waals surface area contributed by atoms with Crippen molar-refractivity contribution < 1.29 is 18.3 Å². The lowest BCUT2D eigenvalue weighted by Gasteiger charge is -2.09. The summed E-state index contributed by atoms with van der Waals surface area (Å²) in [7, 11) is 1.45. The van der Waals surface area contributed by atoms with Crippen LogP contribution in [0.1, 0.15) is 0 Å². The number of hydrogen-bond acceptors (Lipinski definition) is 4. The molecule has 0 aliphatic carbocycles. The van der Waals surface area contributed by atoms with Crippen molar-refractivity contribution in [1.29, 1.82) is 0 Å². The van der Waals surface area contributed by atoms with Crippen molar-refractivity contribution >= 4 is 16.9 Å². The highest BCUT2D eigenvalue weighted by molar-refractivity contribution is 5.81. The molecule has 3 rings (SSSR count). The Kier molecular flexibility index (Phi) is 4.29. The Balaban J connectivity index is 2.09. The fourth-order valence-electron chi connectivity index (χ4n) is 2.24. The van der Waals surface area contributed by atoms with Crippen LogP contribution >= 0.6 is 0 Å². The maximum absolute atomic E-state index is 14.6. The minimum absolute atomic E-state index is 0.111. The summed E-state index contributed by atoms with van der Waals surface area (Å²) in [6, 6.07) is 13.0. The van der Waals surface area contributed by atoms with E-state index in [0.29, 0.717) is 5.56 Å². The van der Waals surface area contributed by atoms with Crippen molar-refractivity contribution in [3.8, 4) is 17.1 Å². The number of halogens is 1. The maximum atomic E-state index is 14.6. The van der Waals surface area contributed by atoms with Crippen LogP contribution in [-0.2, 0) is 4.79 Å². The second-order valence-electron chi connectivity index (χ2n) is 5.06. The van der Waals surface area contributed by atoms with E-state index in [-0.39, 0.29) is 34.5 Å². The van der Waals surface area contributed by atoms with Crippen molar-refractivity contribution in [3.05, 3.63) is 64.6 Å². The Morgan fingerprint density at radius 1 is 1.21 bits per heavy atom. The van der Waals surface area contributed by atoms with Crippen LogP contribution in [0, 0.1) is 5.82 Å². The van der Waals surface area contributed by atoms with Gasteiger partial charge >= 0.3 is 0 Å². The summed E-state index contributed by atoms with van der Waals surface area (Å²) in [5, 5.41) is 2.48. The molecule has 5 nitrogen and oxygen atoms in total. The first-order valence-corrected chi connectivity index (χ1v) is 7.25. The molecule has 1 heterocycles. The molecule has 24 heavy (non-hydrogen) atoms. The van der Waals surface area contributed by atoms with E-state index < -0.39 is 11.7 Å². The lowest BCUT2D eigenvalue weighted by molar-refractivity contribution is -0.122. The molecule has 0 spiro atoms. The van der Waals surface area contributed by atoms with Crippen molar-refractivity contribution in [2.75, 3.05) is 13.7 Å². The predicted molar refractivity (Wildman–Crippen MR) is 87.4 cm³/mol. The lowest BCUT2D eigenvalue weighted by Crippen LogP contribution is -2.25. The fraction of sp³-hybridized carbons (Fsp3) is 0.111. The molecule has 1 N–H and O–H groups in total. The van der Waals surface area contributed by atoms with Gasteiger partial charge in [-0.05, 0) is 12.1 Å². The zero-order valence-electron chi connectivity index (χ0n) is 12.8. The average Bonchev–Trinajstić information content (AvgIpc) is 2.62. The van der Waals surface area contributed by atoms with Crippen LogP contribution < -0.4 is 15.5 Å². The van der Waals surface area contributed by atoms with Gasteiger partial charge in [-0.1, -0.05) is 30.3 Å². The molecule has 0 aliphatic heterocycles. The van der Waals surface area contributed by atoms with Crippen molar-refractivity contribution in [3.63, 3.8) is 0 Å². The number of fused-ring (bicyclic) bond motifs is 1. The molecule has 0 saturated carbocycles. The molecular weight excluding hydrogens is 313 g/mol. The van der Waals surface area contributed by atoms with Gasteiger partial charge < -0.3 is 14.5 Å². The van der Waals surface area contributed by atoms with E-state index in [1.807, 2.05) is 6.07 Å². The van der Waals surface area contributed by atoms with Crippen LogP contribution in [0.15, 0.2) is 57.7 Å². The van der Waals surface area contributed by atoms with Crippen molar-refractivity contribution in [2.45, 2.75) is 0 Å². The third-order valence-electron chi connectivity index (χ3n) is 3.50. The molecule has 0 radical (unpaired) electrons. The molecule has 0 aliphatic rings. The Labute approximate surface area is 136 Å². The number of rotatable bonds is 4. The van der Waals surface area contributed by atoms with E-state index in [1.54, 1.807) is 24.3 Å². The van der Waals surface area contributed by atoms with Gasteiger partial charge in [-0.15, -0.1) is 0 Å². The van der Waals surface area contributed by atoms with Gasteiger partial charge in [-0.25, -0.2) is 0 Å². The van der Waals surface area contributed by atoms with E-state index >= 15 is 0 Å². The highest BCUT2D eigenvalue weighted by atomic mass is 19.1. The third kappa shape index (κ3) is 2.99. The van der Waals surface area contributed by atoms with Crippen LogP contribution in [0.25, 0.3) is 22.3 Å². The van der Waals surface area contributed by atoms with Gasteiger partial charge in [-0.2, -0.15) is 4.39 Å². The Bertz CT molecular complexity index is 950. The molecule has 0 saturated heterocycles. The molecule has 0 bridgehead atoms. The largest absolute Gasteiger partial charge is 0.481 e. The molecule has 0 fully saturated rings. The summed E-state index contributed by atoms with van der Waals surface area (Å²) >= 11 is 0. The highest BCUT2D eigenvalue weighted by Crippen LogP contribution is 2.28. The first kappa shape index (κ1) is 15.7. The van der Waals surface area contributed by atoms with Gasteiger partial charge in [-0.3, -0.25) is 9.59 Å². The van der Waals surface area contributed by atoms with E-state index in [4.69, 9.17) is 9.15 Å². The molecule has 1 amide bonds. The van der Waals surface area contributed by atoms with Crippen LogP contribution in [0.5, 0.6) is 5.75 Å². The van der Waals surface area contributed by atoms with Gasteiger partial charge in [0.25, 0.3) is 5.91 Å². The van der Waals surface area contributed by atoms with Crippen LogP contribution in [0.4, 0.5) is 4.39 Å². The molecule has 6 heteroatoms. The number of likely N-dealkylation sites (N-methyl/N-ethyl adjacent to an activating group) is 1. The summed E-state index contributed by atoms with van der Waals surface area (Å²) in [4.78, 5) is 23.4. The van der Waals surface area contributed by atoms with Crippen LogP contribution in [-0.4, -0.2) is 19.6 Å². The lowest BCUT2D eigenvalue weighted by atomic mass is 10.1. The Morgan fingerprint density at radius 2 is 1.96 bits per heavy atom. The second kappa shape index (κ2) is 6.54. The van der Waals surface area contributed by atoms with Gasteiger partial charge in [0.2, 0.25) is 5.82 Å². The topological polar surface area (TPSA) is 68.5 Å². The van der Waals surface area contributed by atoms with E-state index in [0.717, 1.165) is 0 Å². The predicted octanol–water partition coefficient (Wildman–Crippen LogP) is 2.72. The highest BCUT2D eigenvalue weighted by Gasteiger charge is 2.16. The van der Waals surface area contributed by atoms with Crippen LogP contribution in [0.2, 0.25) is 0 Å².